The first-order chi connectivity index (χ1) is 7.11. The smallest absolute Gasteiger partial charge is 0.321 e. The van der Waals surface area contributed by atoms with E-state index in [1.165, 1.54) is 24.8 Å². The summed E-state index contributed by atoms with van der Waals surface area (Å²) in [5.74, 6) is 0.486. The lowest BCUT2D eigenvalue weighted by Gasteiger charge is -2.27. The number of rotatable bonds is 2. The van der Waals surface area contributed by atoms with Crippen LogP contribution >= 0.6 is 0 Å². The number of nitrogens with one attached hydrogen (secondary N) is 3. The number of piperidine rings is 1. The Kier molecular flexibility index (Phi) is 4.55. The quantitative estimate of drug-likeness (QED) is 0.538. The summed E-state index contributed by atoms with van der Waals surface area (Å²) in [6.45, 7) is 4.67. The minimum atomic E-state index is -0.426. The van der Waals surface area contributed by atoms with Crippen LogP contribution in [-0.2, 0) is 4.79 Å². The highest BCUT2D eigenvalue weighted by Crippen LogP contribution is 2.04. The number of hydrogen-bond acceptors (Lipinski definition) is 2. The fourth-order valence-electron chi connectivity index (χ4n) is 2.02. The van der Waals surface area contributed by atoms with E-state index in [2.05, 4.69) is 17.6 Å². The molecule has 1 rings (SSSR count). The summed E-state index contributed by atoms with van der Waals surface area (Å²) in [4.78, 5) is 23.5. The van der Waals surface area contributed by atoms with Crippen LogP contribution in [-0.4, -0.2) is 38.6 Å². The minimum Gasteiger partial charge on any atom is -0.341 e. The third-order valence-electron chi connectivity index (χ3n) is 2.75. The van der Waals surface area contributed by atoms with Gasteiger partial charge in [0.2, 0.25) is 0 Å². The van der Waals surface area contributed by atoms with Crippen LogP contribution in [0.1, 0.15) is 19.8 Å². The van der Waals surface area contributed by atoms with Gasteiger partial charge in [-0.25, -0.2) is 4.79 Å². The monoisotopic (exact) mass is 214 g/mol. The summed E-state index contributed by atoms with van der Waals surface area (Å²) in [7, 11) is 1.50. The van der Waals surface area contributed by atoms with E-state index < -0.39 is 6.03 Å². The molecule has 15 heavy (non-hydrogen) atoms. The van der Waals surface area contributed by atoms with Crippen molar-refractivity contribution in [3.8, 4) is 0 Å². The largest absolute Gasteiger partial charge is 0.341 e. The Morgan fingerprint density at radius 1 is 1.47 bits per heavy atom. The topological polar surface area (TPSA) is 62.6 Å². The van der Waals surface area contributed by atoms with Gasteiger partial charge in [0, 0.05) is 13.0 Å². The van der Waals surface area contributed by atoms with Crippen molar-refractivity contribution < 1.29 is 14.5 Å². The average molecular weight is 214 g/mol. The number of urea groups is 1. The Labute approximate surface area is 90.2 Å². The van der Waals surface area contributed by atoms with Crippen LogP contribution in [0.3, 0.4) is 0 Å². The van der Waals surface area contributed by atoms with Gasteiger partial charge < -0.3 is 10.2 Å². The second kappa shape index (κ2) is 5.70. The Morgan fingerprint density at radius 2 is 2.20 bits per heavy atom. The molecule has 0 aromatic carbocycles. The van der Waals surface area contributed by atoms with Gasteiger partial charge in [-0.3, -0.25) is 10.1 Å². The first-order valence-electron chi connectivity index (χ1n) is 5.47. The van der Waals surface area contributed by atoms with Gasteiger partial charge >= 0.3 is 6.03 Å². The van der Waals surface area contributed by atoms with Crippen LogP contribution in [0.25, 0.3) is 0 Å². The minimum absolute atomic E-state index is 0.196. The highest BCUT2D eigenvalue weighted by Gasteiger charge is 2.22. The highest BCUT2D eigenvalue weighted by atomic mass is 16.2. The van der Waals surface area contributed by atoms with Gasteiger partial charge in [0.1, 0.15) is 0 Å². The van der Waals surface area contributed by atoms with Crippen molar-refractivity contribution in [2.24, 2.45) is 5.92 Å². The zero-order valence-corrected chi connectivity index (χ0v) is 9.43. The van der Waals surface area contributed by atoms with Crippen LogP contribution in [0.2, 0.25) is 0 Å². The highest BCUT2D eigenvalue weighted by molar-refractivity contribution is 5.94. The molecule has 0 aliphatic carbocycles. The first-order valence-corrected chi connectivity index (χ1v) is 5.47. The van der Waals surface area contributed by atoms with E-state index >= 15 is 0 Å². The molecule has 1 aliphatic heterocycles. The number of quaternary nitrogens is 1. The van der Waals surface area contributed by atoms with Crippen molar-refractivity contribution in [1.29, 1.82) is 0 Å². The molecule has 5 nitrogen and oxygen atoms in total. The molecular weight excluding hydrogens is 194 g/mol. The molecule has 1 fully saturated rings. The molecule has 1 aliphatic rings. The lowest BCUT2D eigenvalue weighted by atomic mass is 10.0. The van der Waals surface area contributed by atoms with Crippen molar-refractivity contribution in [3.05, 3.63) is 0 Å². The summed E-state index contributed by atoms with van der Waals surface area (Å²) < 4.78 is 0. The van der Waals surface area contributed by atoms with E-state index in [4.69, 9.17) is 0 Å². The Morgan fingerprint density at radius 3 is 2.80 bits per heavy atom. The predicted octanol–water partition coefficient (Wildman–Crippen LogP) is -1.24. The molecule has 0 spiro atoms. The predicted molar refractivity (Wildman–Crippen MR) is 56.6 cm³/mol. The molecule has 5 heteroatoms. The normalized spacial score (nSPS) is 25.7. The van der Waals surface area contributed by atoms with Gasteiger partial charge in [0.25, 0.3) is 5.91 Å². The molecule has 1 heterocycles. The van der Waals surface area contributed by atoms with Gasteiger partial charge in [-0.1, -0.05) is 6.92 Å². The summed E-state index contributed by atoms with van der Waals surface area (Å²) in [6, 6.07) is -0.426. The van der Waals surface area contributed by atoms with E-state index in [1.54, 1.807) is 0 Å². The van der Waals surface area contributed by atoms with E-state index in [0.717, 1.165) is 13.1 Å². The average Bonchev–Trinajstić information content (AvgIpc) is 2.17. The van der Waals surface area contributed by atoms with E-state index in [9.17, 15) is 9.59 Å². The Balaban J connectivity index is 2.27. The number of hydrogen-bond donors (Lipinski definition) is 3. The zero-order chi connectivity index (χ0) is 11.3. The lowest BCUT2D eigenvalue weighted by Crippen LogP contribution is -3.14. The van der Waals surface area contributed by atoms with Crippen molar-refractivity contribution >= 4 is 11.9 Å². The van der Waals surface area contributed by atoms with E-state index in [-0.39, 0.29) is 5.91 Å². The second-order valence-corrected chi connectivity index (χ2v) is 4.26. The number of carbonyl (C=O) groups excluding carboxylic acids is 2. The number of likely N-dealkylation sites (tertiary alicyclic amines) is 1. The molecule has 1 saturated heterocycles. The van der Waals surface area contributed by atoms with E-state index in [1.807, 2.05) is 0 Å². The van der Waals surface area contributed by atoms with Crippen LogP contribution in [0.4, 0.5) is 4.79 Å². The Bertz CT molecular complexity index is 243. The Hall–Kier alpha value is -1.10. The molecule has 1 unspecified atom stereocenters. The maximum atomic E-state index is 11.4. The molecule has 0 aromatic rings. The molecule has 0 bridgehead atoms. The van der Waals surface area contributed by atoms with Gasteiger partial charge in [-0.2, -0.15) is 0 Å². The molecule has 3 N–H and O–H groups in total. The van der Waals surface area contributed by atoms with Crippen molar-refractivity contribution in [3.63, 3.8) is 0 Å². The van der Waals surface area contributed by atoms with Crippen LogP contribution in [0.15, 0.2) is 0 Å². The van der Waals surface area contributed by atoms with Crippen molar-refractivity contribution in [2.75, 3.05) is 26.7 Å². The summed E-state index contributed by atoms with van der Waals surface area (Å²) in [6.07, 6.45) is 2.42. The maximum absolute atomic E-state index is 11.4. The molecule has 0 radical (unpaired) electrons. The second-order valence-electron chi connectivity index (χ2n) is 4.26. The molecule has 2 atom stereocenters. The third kappa shape index (κ3) is 4.29. The zero-order valence-electron chi connectivity index (χ0n) is 9.43. The van der Waals surface area contributed by atoms with E-state index in [0.29, 0.717) is 12.5 Å². The van der Waals surface area contributed by atoms with Gasteiger partial charge in [-0.05, 0) is 12.8 Å². The number of imide groups is 1. The fourth-order valence-corrected chi connectivity index (χ4v) is 2.02. The molecule has 0 saturated carbocycles. The number of carbonyl (C=O) groups is 2. The summed E-state index contributed by atoms with van der Waals surface area (Å²) in [5, 5.41) is 4.64. The lowest BCUT2D eigenvalue weighted by molar-refractivity contribution is -0.900. The van der Waals surface area contributed by atoms with Gasteiger partial charge in [0.05, 0.1) is 13.1 Å². The molecular formula is C10H20N3O2+. The maximum Gasteiger partial charge on any atom is 0.321 e. The SMILES string of the molecule is CNC(=O)NC(=O)C[NH+]1CCC[C@H](C)C1. The fraction of sp³-hybridized carbons (Fsp3) is 0.800. The molecule has 0 aromatic heterocycles. The summed E-state index contributed by atoms with van der Waals surface area (Å²) >= 11 is 0. The van der Waals surface area contributed by atoms with Crippen LogP contribution < -0.4 is 15.5 Å². The molecule has 86 valence electrons. The van der Waals surface area contributed by atoms with Crippen LogP contribution in [0.5, 0.6) is 0 Å². The standard InChI is InChI=1S/C10H19N3O2/c1-8-4-3-5-13(6-8)7-9(14)12-10(15)11-2/h8H,3-7H2,1-2H3,(H2,11,12,14,15)/p+1/t8-/m0/s1. The van der Waals surface area contributed by atoms with Crippen molar-refractivity contribution in [2.45, 2.75) is 19.8 Å². The molecule has 3 amide bonds. The van der Waals surface area contributed by atoms with Crippen LogP contribution in [0, 0.1) is 5.92 Å². The number of amides is 3. The first kappa shape index (κ1) is 12.0. The van der Waals surface area contributed by atoms with Gasteiger partial charge in [0.15, 0.2) is 6.54 Å². The summed E-state index contributed by atoms with van der Waals surface area (Å²) in [5.41, 5.74) is 0. The van der Waals surface area contributed by atoms with Gasteiger partial charge in [-0.15, -0.1) is 0 Å². The van der Waals surface area contributed by atoms with Crippen molar-refractivity contribution in [1.82, 2.24) is 10.6 Å². The third-order valence-corrected chi connectivity index (χ3v) is 2.75.